The highest BCUT2D eigenvalue weighted by molar-refractivity contribution is 14.1. The Kier molecular flexibility index (Phi) is 8.17. The van der Waals surface area contributed by atoms with Gasteiger partial charge < -0.3 is 10.1 Å². The second kappa shape index (κ2) is 10.2. The van der Waals surface area contributed by atoms with E-state index >= 15 is 0 Å². The van der Waals surface area contributed by atoms with Gasteiger partial charge in [-0.05, 0) is 59.3 Å². The lowest BCUT2D eigenvalue weighted by atomic mass is 10.2. The second-order valence-corrected chi connectivity index (χ2v) is 9.24. The van der Waals surface area contributed by atoms with Crippen LogP contribution >= 0.6 is 22.6 Å². The number of carbonyl (C=O) groups is 2. The molecular formula is C20H23IN2O5S. The fraction of sp³-hybridized carbons (Fsp3) is 0.300. The quantitative estimate of drug-likeness (QED) is 0.417. The van der Waals surface area contributed by atoms with Gasteiger partial charge in [-0.2, -0.15) is 4.31 Å². The summed E-state index contributed by atoms with van der Waals surface area (Å²) in [6, 6.07) is 11.5. The van der Waals surface area contributed by atoms with E-state index in [1.807, 2.05) is 22.6 Å². The number of ether oxygens (including phenoxy) is 1. The van der Waals surface area contributed by atoms with Crippen LogP contribution in [0.1, 0.15) is 29.8 Å². The third-order valence-electron chi connectivity index (χ3n) is 4.22. The average Bonchev–Trinajstić information content (AvgIpc) is 2.68. The summed E-state index contributed by atoms with van der Waals surface area (Å²) in [5.74, 6) is -1.15. The topological polar surface area (TPSA) is 92.8 Å². The molecule has 0 spiro atoms. The lowest BCUT2D eigenvalue weighted by Crippen LogP contribution is -2.31. The number of rotatable bonds is 8. The number of nitrogens with one attached hydrogen (secondary N) is 1. The van der Waals surface area contributed by atoms with Crippen molar-refractivity contribution in [2.75, 3.05) is 25.0 Å². The van der Waals surface area contributed by atoms with Crippen LogP contribution in [-0.2, 0) is 19.6 Å². The Morgan fingerprint density at radius 2 is 1.76 bits per heavy atom. The number of sulfonamides is 1. The van der Waals surface area contributed by atoms with Crippen LogP contribution in [-0.4, -0.2) is 44.3 Å². The fourth-order valence-electron chi connectivity index (χ4n) is 2.69. The van der Waals surface area contributed by atoms with Crippen molar-refractivity contribution in [2.45, 2.75) is 25.7 Å². The van der Waals surface area contributed by atoms with Crippen molar-refractivity contribution in [1.82, 2.24) is 4.31 Å². The zero-order chi connectivity index (χ0) is 21.6. The monoisotopic (exact) mass is 530 g/mol. The lowest BCUT2D eigenvalue weighted by Gasteiger charge is -2.20. The van der Waals surface area contributed by atoms with Gasteiger partial charge in [-0.15, -0.1) is 0 Å². The van der Waals surface area contributed by atoms with Gasteiger partial charge in [0.15, 0.2) is 6.61 Å². The Balaban J connectivity index is 2.10. The first-order chi connectivity index (χ1) is 13.7. The molecule has 2 aromatic carbocycles. The second-order valence-electron chi connectivity index (χ2n) is 6.17. The maximum Gasteiger partial charge on any atom is 0.339 e. The Morgan fingerprint density at radius 3 is 2.38 bits per heavy atom. The summed E-state index contributed by atoms with van der Waals surface area (Å²) < 4.78 is 32.7. The summed E-state index contributed by atoms with van der Waals surface area (Å²) in [7, 11) is -3.66. The lowest BCUT2D eigenvalue weighted by molar-refractivity contribution is -0.119. The summed E-state index contributed by atoms with van der Waals surface area (Å²) >= 11 is 2.01. The van der Waals surface area contributed by atoms with Gasteiger partial charge in [-0.1, -0.05) is 32.0 Å². The van der Waals surface area contributed by atoms with Crippen LogP contribution in [0.5, 0.6) is 0 Å². The van der Waals surface area contributed by atoms with Crippen molar-refractivity contribution in [3.8, 4) is 0 Å². The maximum absolute atomic E-state index is 12.8. The molecular weight excluding hydrogens is 507 g/mol. The Bertz CT molecular complexity index is 1000. The first kappa shape index (κ1) is 23.3. The van der Waals surface area contributed by atoms with Crippen LogP contribution in [0.2, 0.25) is 0 Å². The number of hydrogen-bond donors (Lipinski definition) is 1. The zero-order valence-corrected chi connectivity index (χ0v) is 19.4. The van der Waals surface area contributed by atoms with Gasteiger partial charge in [0.05, 0.1) is 10.5 Å². The molecule has 0 aliphatic carbocycles. The molecule has 29 heavy (non-hydrogen) atoms. The van der Waals surface area contributed by atoms with E-state index in [4.69, 9.17) is 4.74 Å². The molecule has 2 aromatic rings. The minimum atomic E-state index is -3.66. The highest BCUT2D eigenvalue weighted by Crippen LogP contribution is 2.23. The molecule has 0 heterocycles. The Morgan fingerprint density at radius 1 is 1.10 bits per heavy atom. The Hall–Kier alpha value is -1.98. The molecule has 0 saturated heterocycles. The summed E-state index contributed by atoms with van der Waals surface area (Å²) in [6.45, 7) is 5.46. The molecule has 2 rings (SSSR count). The molecule has 0 unspecified atom stereocenters. The van der Waals surface area contributed by atoms with E-state index in [9.17, 15) is 18.0 Å². The normalized spacial score (nSPS) is 11.3. The predicted molar refractivity (Wildman–Crippen MR) is 119 cm³/mol. The molecule has 0 aliphatic heterocycles. The molecule has 0 bridgehead atoms. The van der Waals surface area contributed by atoms with Crippen molar-refractivity contribution >= 4 is 50.2 Å². The maximum atomic E-state index is 12.8. The standard InChI is InChI=1S/C20H23IN2O5S/c1-4-23(5-2)29(26,27)18-12-15(11-10-14(18)3)22-19(24)13-28-20(25)16-8-6-7-9-17(16)21/h6-12H,4-5,13H2,1-3H3,(H,22,24). The number of aryl methyl sites for hydroxylation is 1. The van der Waals surface area contributed by atoms with E-state index < -0.39 is 28.5 Å². The minimum Gasteiger partial charge on any atom is -0.452 e. The molecule has 7 nitrogen and oxygen atoms in total. The molecule has 0 fully saturated rings. The van der Waals surface area contributed by atoms with Gasteiger partial charge in [0.1, 0.15) is 0 Å². The Labute approximate surface area is 184 Å². The molecule has 0 atom stereocenters. The number of benzene rings is 2. The number of halogens is 1. The average molecular weight is 530 g/mol. The van der Waals surface area contributed by atoms with Crippen molar-refractivity contribution in [2.24, 2.45) is 0 Å². The highest BCUT2D eigenvalue weighted by Gasteiger charge is 2.24. The van der Waals surface area contributed by atoms with E-state index in [1.54, 1.807) is 57.2 Å². The van der Waals surface area contributed by atoms with E-state index in [0.29, 0.717) is 29.9 Å². The van der Waals surface area contributed by atoms with Gasteiger partial charge in [0.25, 0.3) is 5.91 Å². The van der Waals surface area contributed by atoms with Gasteiger partial charge in [0, 0.05) is 22.3 Å². The molecule has 0 saturated carbocycles. The van der Waals surface area contributed by atoms with Gasteiger partial charge in [-0.3, -0.25) is 4.79 Å². The van der Waals surface area contributed by atoms with Gasteiger partial charge in [-0.25, -0.2) is 13.2 Å². The molecule has 9 heteroatoms. The van der Waals surface area contributed by atoms with E-state index in [1.165, 1.54) is 10.4 Å². The molecule has 1 N–H and O–H groups in total. The third-order valence-corrected chi connectivity index (χ3v) is 7.36. The third kappa shape index (κ3) is 5.77. The summed E-state index contributed by atoms with van der Waals surface area (Å²) in [5, 5.41) is 2.58. The number of carbonyl (C=O) groups excluding carboxylic acids is 2. The number of hydrogen-bond acceptors (Lipinski definition) is 5. The first-order valence-electron chi connectivity index (χ1n) is 9.03. The van der Waals surface area contributed by atoms with Crippen molar-refractivity contribution < 1.29 is 22.7 Å². The van der Waals surface area contributed by atoms with Crippen LogP contribution in [0.3, 0.4) is 0 Å². The van der Waals surface area contributed by atoms with Crippen LogP contribution < -0.4 is 5.32 Å². The summed E-state index contributed by atoms with van der Waals surface area (Å²) in [4.78, 5) is 24.4. The van der Waals surface area contributed by atoms with Crippen molar-refractivity contribution in [3.63, 3.8) is 0 Å². The zero-order valence-electron chi connectivity index (χ0n) is 16.4. The number of amides is 1. The van der Waals surface area contributed by atoms with Crippen molar-refractivity contribution in [3.05, 3.63) is 57.2 Å². The van der Waals surface area contributed by atoms with E-state index in [-0.39, 0.29) is 4.90 Å². The SMILES string of the molecule is CCN(CC)S(=O)(=O)c1cc(NC(=O)COC(=O)c2ccccc2I)ccc1C. The number of anilines is 1. The van der Waals surface area contributed by atoms with Crippen LogP contribution in [0.25, 0.3) is 0 Å². The molecule has 0 radical (unpaired) electrons. The molecule has 0 aromatic heterocycles. The largest absolute Gasteiger partial charge is 0.452 e. The molecule has 1 amide bonds. The van der Waals surface area contributed by atoms with Crippen molar-refractivity contribution in [1.29, 1.82) is 0 Å². The molecule has 156 valence electrons. The predicted octanol–water partition coefficient (Wildman–Crippen LogP) is 3.43. The summed E-state index contributed by atoms with van der Waals surface area (Å²) in [5.41, 5.74) is 1.28. The van der Waals surface area contributed by atoms with Crippen LogP contribution in [0.4, 0.5) is 5.69 Å². The van der Waals surface area contributed by atoms with E-state index in [0.717, 1.165) is 3.57 Å². The number of nitrogens with zero attached hydrogens (tertiary/aromatic N) is 1. The smallest absolute Gasteiger partial charge is 0.339 e. The van der Waals surface area contributed by atoms with Crippen LogP contribution in [0, 0.1) is 10.5 Å². The molecule has 0 aliphatic rings. The van der Waals surface area contributed by atoms with Gasteiger partial charge in [0.2, 0.25) is 10.0 Å². The number of esters is 1. The highest BCUT2D eigenvalue weighted by atomic mass is 127. The van der Waals surface area contributed by atoms with Crippen LogP contribution in [0.15, 0.2) is 47.4 Å². The first-order valence-corrected chi connectivity index (χ1v) is 11.5. The van der Waals surface area contributed by atoms with Gasteiger partial charge >= 0.3 is 5.97 Å². The van der Waals surface area contributed by atoms with E-state index in [2.05, 4.69) is 5.32 Å². The fourth-order valence-corrected chi connectivity index (χ4v) is 5.01. The summed E-state index contributed by atoms with van der Waals surface area (Å²) in [6.07, 6.45) is 0. The minimum absolute atomic E-state index is 0.134.